The molecule has 0 spiro atoms. The Balaban J connectivity index is 2.10. The molecular formula is C19H16F2N2O3. The second kappa shape index (κ2) is 8.72. The van der Waals surface area contributed by atoms with Gasteiger partial charge in [-0.2, -0.15) is 5.26 Å². The van der Waals surface area contributed by atoms with Gasteiger partial charge in [0.05, 0.1) is 25.2 Å². The molecule has 0 saturated heterocycles. The number of rotatable bonds is 6. The van der Waals surface area contributed by atoms with Gasteiger partial charge in [-0.05, 0) is 29.8 Å². The second-order valence-electron chi connectivity index (χ2n) is 5.53. The minimum atomic E-state index is -1.02. The van der Waals surface area contributed by atoms with Crippen LogP contribution in [0.1, 0.15) is 16.7 Å². The van der Waals surface area contributed by atoms with Crippen LogP contribution in [-0.2, 0) is 27.2 Å². The molecule has 1 amide bonds. The monoisotopic (exact) mass is 358 g/mol. The summed E-state index contributed by atoms with van der Waals surface area (Å²) in [5, 5.41) is 11.2. The van der Waals surface area contributed by atoms with Crippen LogP contribution in [0.4, 0.5) is 8.78 Å². The number of nitrogens with one attached hydrogen (secondary N) is 1. The van der Waals surface area contributed by atoms with Gasteiger partial charge in [-0.15, -0.1) is 0 Å². The highest BCUT2D eigenvalue weighted by molar-refractivity contribution is 5.85. The Morgan fingerprint density at radius 1 is 1.15 bits per heavy atom. The van der Waals surface area contributed by atoms with E-state index in [1.807, 2.05) is 6.07 Å². The number of esters is 1. The Bertz CT molecular complexity index is 825. The lowest BCUT2D eigenvalue weighted by Gasteiger charge is -2.17. The lowest BCUT2D eigenvalue weighted by molar-refractivity contribution is -0.145. The van der Waals surface area contributed by atoms with Crippen molar-refractivity contribution in [2.45, 2.75) is 18.9 Å². The molecule has 0 unspecified atom stereocenters. The Labute approximate surface area is 149 Å². The van der Waals surface area contributed by atoms with E-state index in [1.165, 1.54) is 13.2 Å². The van der Waals surface area contributed by atoms with Crippen molar-refractivity contribution in [2.75, 3.05) is 7.11 Å². The third kappa shape index (κ3) is 4.86. The maximum absolute atomic E-state index is 13.7. The summed E-state index contributed by atoms with van der Waals surface area (Å²) in [7, 11) is 1.18. The van der Waals surface area contributed by atoms with Crippen molar-refractivity contribution in [3.8, 4) is 6.07 Å². The van der Waals surface area contributed by atoms with E-state index in [2.05, 4.69) is 10.1 Å². The molecule has 0 saturated carbocycles. The normalized spacial score (nSPS) is 11.3. The van der Waals surface area contributed by atoms with E-state index in [0.717, 1.165) is 12.1 Å². The Morgan fingerprint density at radius 3 is 2.31 bits per heavy atom. The minimum absolute atomic E-state index is 0.115. The van der Waals surface area contributed by atoms with Crippen LogP contribution in [-0.4, -0.2) is 25.0 Å². The zero-order valence-corrected chi connectivity index (χ0v) is 14.0. The van der Waals surface area contributed by atoms with E-state index in [9.17, 15) is 18.4 Å². The van der Waals surface area contributed by atoms with Crippen molar-refractivity contribution >= 4 is 11.9 Å². The predicted molar refractivity (Wildman–Crippen MR) is 88.9 cm³/mol. The second-order valence-corrected chi connectivity index (χ2v) is 5.53. The zero-order valence-electron chi connectivity index (χ0n) is 14.0. The first-order valence-corrected chi connectivity index (χ1v) is 7.73. The molecule has 0 bridgehead atoms. The van der Waals surface area contributed by atoms with Gasteiger partial charge in [0.25, 0.3) is 0 Å². The van der Waals surface area contributed by atoms with Gasteiger partial charge in [-0.3, -0.25) is 4.79 Å². The number of methoxy groups -OCH3 is 1. The van der Waals surface area contributed by atoms with Crippen LogP contribution >= 0.6 is 0 Å². The van der Waals surface area contributed by atoms with Gasteiger partial charge >= 0.3 is 5.97 Å². The number of carbonyl (C=O) groups excluding carboxylic acids is 2. The molecule has 1 atom stereocenters. The lowest BCUT2D eigenvalue weighted by atomic mass is 10.0. The fraction of sp³-hybridized carbons (Fsp3) is 0.211. The van der Waals surface area contributed by atoms with E-state index < -0.39 is 36.0 Å². The molecule has 2 rings (SSSR count). The average Bonchev–Trinajstić information content (AvgIpc) is 2.64. The summed E-state index contributed by atoms with van der Waals surface area (Å²) in [6.07, 6.45) is -0.427. The molecule has 2 aromatic rings. The third-order valence-electron chi connectivity index (χ3n) is 3.74. The topological polar surface area (TPSA) is 79.2 Å². The summed E-state index contributed by atoms with van der Waals surface area (Å²) < 4.78 is 32.0. The van der Waals surface area contributed by atoms with E-state index in [1.54, 1.807) is 24.3 Å². The number of carbonyl (C=O) groups is 2. The van der Waals surface area contributed by atoms with Crippen LogP contribution in [0, 0.1) is 23.0 Å². The molecule has 5 nitrogen and oxygen atoms in total. The molecule has 7 heteroatoms. The number of hydrogen-bond acceptors (Lipinski definition) is 4. The van der Waals surface area contributed by atoms with E-state index in [4.69, 9.17) is 5.26 Å². The van der Waals surface area contributed by atoms with Crippen LogP contribution in [0.2, 0.25) is 0 Å². The van der Waals surface area contributed by atoms with Gasteiger partial charge in [0.15, 0.2) is 0 Å². The Kier molecular flexibility index (Phi) is 6.39. The molecule has 2 aromatic carbocycles. The molecule has 0 aromatic heterocycles. The fourth-order valence-electron chi connectivity index (χ4n) is 2.39. The number of nitrogens with zero attached hydrogens (tertiary/aromatic N) is 1. The van der Waals surface area contributed by atoms with Crippen molar-refractivity contribution in [1.29, 1.82) is 5.26 Å². The van der Waals surface area contributed by atoms with Crippen molar-refractivity contribution < 1.29 is 23.1 Å². The molecule has 0 aliphatic carbocycles. The number of hydrogen-bond donors (Lipinski definition) is 1. The van der Waals surface area contributed by atoms with Gasteiger partial charge in [-0.1, -0.05) is 18.2 Å². The number of halogens is 2. The fourth-order valence-corrected chi connectivity index (χ4v) is 2.39. The highest BCUT2D eigenvalue weighted by atomic mass is 19.1. The van der Waals surface area contributed by atoms with Crippen LogP contribution in [0.25, 0.3) is 0 Å². The standard InChI is InChI=1S/C19H16F2N2O3/c1-26-19(25)17(9-12-5-7-13(11-22)8-6-12)23-18(24)10-14-15(20)3-2-4-16(14)21/h2-8,17H,9-10H2,1H3,(H,23,24)/t17-/m0/s1. The van der Waals surface area contributed by atoms with Crippen molar-refractivity contribution in [3.05, 3.63) is 70.8 Å². The smallest absolute Gasteiger partial charge is 0.328 e. The van der Waals surface area contributed by atoms with Crippen molar-refractivity contribution in [3.63, 3.8) is 0 Å². The molecular weight excluding hydrogens is 342 g/mol. The summed E-state index contributed by atoms with van der Waals surface area (Å²) in [6.45, 7) is 0. The first-order valence-electron chi connectivity index (χ1n) is 7.73. The maximum Gasteiger partial charge on any atom is 0.328 e. The lowest BCUT2D eigenvalue weighted by Crippen LogP contribution is -2.43. The molecule has 26 heavy (non-hydrogen) atoms. The first kappa shape index (κ1) is 19.1. The van der Waals surface area contributed by atoms with Crippen LogP contribution in [0.5, 0.6) is 0 Å². The van der Waals surface area contributed by atoms with Crippen LogP contribution in [0.15, 0.2) is 42.5 Å². The van der Waals surface area contributed by atoms with Gasteiger partial charge < -0.3 is 10.1 Å². The number of benzene rings is 2. The highest BCUT2D eigenvalue weighted by Gasteiger charge is 2.23. The maximum atomic E-state index is 13.7. The zero-order chi connectivity index (χ0) is 19.1. The Morgan fingerprint density at radius 2 is 1.77 bits per heavy atom. The first-order chi connectivity index (χ1) is 12.4. The number of nitriles is 1. The van der Waals surface area contributed by atoms with Gasteiger partial charge in [0.2, 0.25) is 5.91 Å². The van der Waals surface area contributed by atoms with Crippen molar-refractivity contribution in [2.24, 2.45) is 0 Å². The quantitative estimate of drug-likeness (QED) is 0.804. The highest BCUT2D eigenvalue weighted by Crippen LogP contribution is 2.13. The largest absolute Gasteiger partial charge is 0.467 e. The SMILES string of the molecule is COC(=O)[C@H](Cc1ccc(C#N)cc1)NC(=O)Cc1c(F)cccc1F. The van der Waals surface area contributed by atoms with Gasteiger partial charge in [0, 0.05) is 12.0 Å². The Hall–Kier alpha value is -3.27. The summed E-state index contributed by atoms with van der Waals surface area (Å²) >= 11 is 0. The van der Waals surface area contributed by atoms with E-state index >= 15 is 0 Å². The summed E-state index contributed by atoms with van der Waals surface area (Å²) in [4.78, 5) is 24.1. The van der Waals surface area contributed by atoms with E-state index in [-0.39, 0.29) is 12.0 Å². The summed E-state index contributed by atoms with van der Waals surface area (Å²) in [5.41, 5.74) is 0.784. The molecule has 0 heterocycles. The number of ether oxygens (including phenoxy) is 1. The molecule has 0 aliphatic heterocycles. The summed E-state index contributed by atoms with van der Waals surface area (Å²) in [5.74, 6) is -3.06. The minimum Gasteiger partial charge on any atom is -0.467 e. The molecule has 0 radical (unpaired) electrons. The average molecular weight is 358 g/mol. The van der Waals surface area contributed by atoms with Crippen LogP contribution < -0.4 is 5.32 Å². The third-order valence-corrected chi connectivity index (χ3v) is 3.74. The van der Waals surface area contributed by atoms with E-state index in [0.29, 0.717) is 11.1 Å². The van der Waals surface area contributed by atoms with Gasteiger partial charge in [-0.25, -0.2) is 13.6 Å². The number of amides is 1. The molecule has 0 fully saturated rings. The molecule has 1 N–H and O–H groups in total. The summed E-state index contributed by atoms with van der Waals surface area (Å²) in [6, 6.07) is 10.7. The molecule has 0 aliphatic rings. The van der Waals surface area contributed by atoms with Gasteiger partial charge in [0.1, 0.15) is 17.7 Å². The molecule has 134 valence electrons. The predicted octanol–water partition coefficient (Wildman–Crippen LogP) is 2.28. The van der Waals surface area contributed by atoms with Crippen LogP contribution in [0.3, 0.4) is 0 Å². The van der Waals surface area contributed by atoms with Crippen molar-refractivity contribution in [1.82, 2.24) is 5.32 Å².